The van der Waals surface area contributed by atoms with Crippen molar-refractivity contribution in [3.8, 4) is 0 Å². The number of aromatic nitrogens is 1. The number of hydrogen-bond donors (Lipinski definition) is 1. The van der Waals surface area contributed by atoms with Gasteiger partial charge in [0.2, 0.25) is 0 Å². The minimum absolute atomic E-state index is 0.0311. The number of carbonyl (C=O) groups is 1. The summed E-state index contributed by atoms with van der Waals surface area (Å²) in [4.78, 5) is 31.3. The summed E-state index contributed by atoms with van der Waals surface area (Å²) in [5.41, 5.74) is 2.50. The van der Waals surface area contributed by atoms with Crippen molar-refractivity contribution in [2.45, 2.75) is 19.8 Å². The van der Waals surface area contributed by atoms with Crippen LogP contribution in [0.5, 0.6) is 0 Å². The molecule has 2 aromatic carbocycles. The van der Waals surface area contributed by atoms with E-state index in [9.17, 15) is 14.9 Å². The van der Waals surface area contributed by atoms with Crippen LogP contribution in [0.25, 0.3) is 10.2 Å². The van der Waals surface area contributed by atoms with E-state index in [-0.39, 0.29) is 11.6 Å². The van der Waals surface area contributed by atoms with Crippen LogP contribution in [0.15, 0.2) is 42.5 Å². The SMILES string of the molecule is CCc1ccc2nc(N(CCC[NH+](C)C)C(=O)c3ccc([N+](=O)[O-])cc3)sc2c1. The zero-order valence-corrected chi connectivity index (χ0v) is 17.7. The molecule has 1 aromatic heterocycles. The predicted octanol–water partition coefficient (Wildman–Crippen LogP) is 2.95. The summed E-state index contributed by atoms with van der Waals surface area (Å²) in [7, 11) is 4.15. The van der Waals surface area contributed by atoms with Gasteiger partial charge in [-0.25, -0.2) is 4.98 Å². The van der Waals surface area contributed by atoms with Gasteiger partial charge in [-0.15, -0.1) is 0 Å². The zero-order chi connectivity index (χ0) is 21.0. The van der Waals surface area contributed by atoms with Crippen molar-refractivity contribution in [2.75, 3.05) is 32.1 Å². The number of carbonyl (C=O) groups excluding carboxylic acids is 1. The lowest BCUT2D eigenvalue weighted by Crippen LogP contribution is -3.05. The summed E-state index contributed by atoms with van der Waals surface area (Å²) in [6.07, 6.45) is 1.78. The first-order valence-electron chi connectivity index (χ1n) is 9.64. The molecule has 0 atom stereocenters. The van der Waals surface area contributed by atoms with E-state index in [1.54, 1.807) is 4.90 Å². The molecule has 0 saturated carbocycles. The lowest BCUT2D eigenvalue weighted by Gasteiger charge is -2.20. The van der Waals surface area contributed by atoms with Crippen LogP contribution in [0.4, 0.5) is 10.8 Å². The summed E-state index contributed by atoms with van der Waals surface area (Å²) >= 11 is 1.50. The van der Waals surface area contributed by atoms with Crippen molar-refractivity contribution in [2.24, 2.45) is 0 Å². The van der Waals surface area contributed by atoms with Gasteiger partial charge >= 0.3 is 0 Å². The number of benzene rings is 2. The monoisotopic (exact) mass is 413 g/mol. The number of thiazole rings is 1. The molecule has 0 spiro atoms. The van der Waals surface area contributed by atoms with Crippen LogP contribution >= 0.6 is 11.3 Å². The Hall–Kier alpha value is -2.84. The van der Waals surface area contributed by atoms with Gasteiger partial charge in [0.25, 0.3) is 11.6 Å². The van der Waals surface area contributed by atoms with E-state index in [0.717, 1.165) is 29.6 Å². The number of rotatable bonds is 8. The molecule has 3 aromatic rings. The van der Waals surface area contributed by atoms with E-state index in [4.69, 9.17) is 0 Å². The molecule has 0 radical (unpaired) electrons. The molecule has 0 aliphatic carbocycles. The lowest BCUT2D eigenvalue weighted by atomic mass is 10.2. The van der Waals surface area contributed by atoms with Gasteiger partial charge in [0.15, 0.2) is 5.13 Å². The van der Waals surface area contributed by atoms with Crippen molar-refractivity contribution in [1.82, 2.24) is 4.98 Å². The maximum Gasteiger partial charge on any atom is 0.269 e. The number of aryl methyl sites for hydroxylation is 1. The van der Waals surface area contributed by atoms with Crippen molar-refractivity contribution in [3.05, 3.63) is 63.7 Å². The fourth-order valence-corrected chi connectivity index (χ4v) is 4.10. The van der Waals surface area contributed by atoms with Gasteiger partial charge in [-0.3, -0.25) is 19.8 Å². The molecule has 1 N–H and O–H groups in total. The summed E-state index contributed by atoms with van der Waals surface area (Å²) in [5.74, 6) is -0.191. The standard InChI is InChI=1S/C21H24N4O3S/c1-4-15-6-11-18-19(14-15)29-21(22-18)24(13-5-12-23(2)3)20(26)16-7-9-17(10-8-16)25(27)28/h6-11,14H,4-5,12-13H2,1-3H3/p+1. The normalized spacial score (nSPS) is 11.2. The van der Waals surface area contributed by atoms with Crippen molar-refractivity contribution in [1.29, 1.82) is 0 Å². The van der Waals surface area contributed by atoms with Crippen molar-refractivity contribution < 1.29 is 14.6 Å². The molecule has 1 amide bonds. The van der Waals surface area contributed by atoms with Crippen molar-refractivity contribution >= 4 is 38.3 Å². The van der Waals surface area contributed by atoms with Gasteiger partial charge in [-0.2, -0.15) is 0 Å². The summed E-state index contributed by atoms with van der Waals surface area (Å²) < 4.78 is 1.05. The first-order chi connectivity index (χ1) is 13.9. The molecule has 0 bridgehead atoms. The Morgan fingerprint density at radius 1 is 1.21 bits per heavy atom. The number of anilines is 1. The van der Waals surface area contributed by atoms with Crippen LogP contribution in [-0.4, -0.2) is 43.0 Å². The molecule has 8 heteroatoms. The average Bonchev–Trinajstić information content (AvgIpc) is 3.13. The minimum Gasteiger partial charge on any atom is -0.340 e. The van der Waals surface area contributed by atoms with E-state index in [1.807, 2.05) is 6.07 Å². The largest absolute Gasteiger partial charge is 0.340 e. The molecule has 3 rings (SSSR count). The van der Waals surface area contributed by atoms with Gasteiger partial charge < -0.3 is 4.90 Å². The molecule has 0 fully saturated rings. The quantitative estimate of drug-likeness (QED) is 0.455. The first-order valence-corrected chi connectivity index (χ1v) is 10.5. The molecule has 0 aliphatic heterocycles. The van der Waals surface area contributed by atoms with E-state index < -0.39 is 4.92 Å². The predicted molar refractivity (Wildman–Crippen MR) is 116 cm³/mol. The third kappa shape index (κ3) is 4.96. The number of fused-ring (bicyclic) bond motifs is 1. The highest BCUT2D eigenvalue weighted by molar-refractivity contribution is 7.22. The highest BCUT2D eigenvalue weighted by Crippen LogP contribution is 2.31. The lowest BCUT2D eigenvalue weighted by molar-refractivity contribution is -0.858. The third-order valence-electron chi connectivity index (χ3n) is 4.71. The molecule has 152 valence electrons. The Morgan fingerprint density at radius 2 is 1.93 bits per heavy atom. The van der Waals surface area contributed by atoms with Crippen LogP contribution in [0.2, 0.25) is 0 Å². The van der Waals surface area contributed by atoms with Crippen LogP contribution in [0, 0.1) is 10.1 Å². The number of nitrogens with one attached hydrogen (secondary N) is 1. The maximum atomic E-state index is 13.2. The van der Waals surface area contributed by atoms with E-state index in [2.05, 4.69) is 38.1 Å². The smallest absolute Gasteiger partial charge is 0.269 e. The van der Waals surface area contributed by atoms with Gasteiger partial charge in [0, 0.05) is 30.7 Å². The number of non-ortho nitro benzene ring substituents is 1. The highest BCUT2D eigenvalue weighted by Gasteiger charge is 2.22. The molecule has 29 heavy (non-hydrogen) atoms. The van der Waals surface area contributed by atoms with Crippen LogP contribution < -0.4 is 9.80 Å². The van der Waals surface area contributed by atoms with Gasteiger partial charge in [-0.05, 0) is 36.2 Å². The Morgan fingerprint density at radius 3 is 2.55 bits per heavy atom. The van der Waals surface area contributed by atoms with Crippen LogP contribution in [0.1, 0.15) is 29.3 Å². The molecule has 1 heterocycles. The Bertz CT molecular complexity index is 1010. The average molecular weight is 414 g/mol. The van der Waals surface area contributed by atoms with Crippen molar-refractivity contribution in [3.63, 3.8) is 0 Å². The van der Waals surface area contributed by atoms with E-state index in [0.29, 0.717) is 17.2 Å². The second kappa shape index (κ2) is 9.11. The second-order valence-corrected chi connectivity index (χ2v) is 8.23. The number of nitrogens with zero attached hydrogens (tertiary/aromatic N) is 3. The fourth-order valence-electron chi connectivity index (χ4n) is 3.05. The molecular formula is C21H25N4O3S+. The summed E-state index contributed by atoms with van der Waals surface area (Å²) in [5, 5.41) is 11.6. The van der Waals surface area contributed by atoms with E-state index >= 15 is 0 Å². The van der Waals surface area contributed by atoms with Gasteiger partial charge in [0.1, 0.15) is 0 Å². The number of nitro groups is 1. The number of amides is 1. The molecule has 0 saturated heterocycles. The third-order valence-corrected chi connectivity index (χ3v) is 5.75. The molecule has 0 unspecified atom stereocenters. The second-order valence-electron chi connectivity index (χ2n) is 7.22. The molecular weight excluding hydrogens is 388 g/mol. The van der Waals surface area contributed by atoms with Gasteiger partial charge in [-0.1, -0.05) is 24.3 Å². The fraction of sp³-hybridized carbons (Fsp3) is 0.333. The van der Waals surface area contributed by atoms with Crippen LogP contribution in [-0.2, 0) is 6.42 Å². The van der Waals surface area contributed by atoms with E-state index in [1.165, 1.54) is 46.1 Å². The summed E-state index contributed by atoms with van der Waals surface area (Å²) in [6.45, 7) is 3.58. The van der Waals surface area contributed by atoms with Gasteiger partial charge in [0.05, 0.1) is 35.8 Å². The number of quaternary nitrogens is 1. The topological polar surface area (TPSA) is 80.8 Å². The summed E-state index contributed by atoms with van der Waals surface area (Å²) in [6, 6.07) is 11.9. The number of hydrogen-bond acceptors (Lipinski definition) is 5. The Labute approximate surface area is 173 Å². The Kier molecular flexibility index (Phi) is 6.56. The zero-order valence-electron chi connectivity index (χ0n) is 16.8. The number of nitro benzene ring substituents is 1. The maximum absolute atomic E-state index is 13.2. The highest BCUT2D eigenvalue weighted by atomic mass is 32.1. The minimum atomic E-state index is -0.468. The molecule has 7 nitrogen and oxygen atoms in total. The van der Waals surface area contributed by atoms with Crippen LogP contribution in [0.3, 0.4) is 0 Å². The Balaban J connectivity index is 1.92. The first kappa shape index (κ1) is 20.9. The molecule has 0 aliphatic rings.